The van der Waals surface area contributed by atoms with Gasteiger partial charge in [0.2, 0.25) is 0 Å². The average Bonchev–Trinajstić information content (AvgIpc) is 2.45. The fourth-order valence-corrected chi connectivity index (χ4v) is 3.00. The Hall–Kier alpha value is -1.39. The Morgan fingerprint density at radius 1 is 1.23 bits per heavy atom. The number of hydrogen-bond donors (Lipinski definition) is 1. The van der Waals surface area contributed by atoms with Crippen molar-refractivity contribution in [3.05, 3.63) is 28.3 Å². The van der Waals surface area contributed by atoms with E-state index in [1.165, 1.54) is 0 Å². The number of hydrogen-bond acceptors (Lipinski definition) is 4. The molecule has 4 heteroatoms. The highest BCUT2D eigenvalue weighted by molar-refractivity contribution is 6.00. The van der Waals surface area contributed by atoms with Crippen LogP contribution in [-0.4, -0.2) is 49.5 Å². The third-order valence-electron chi connectivity index (χ3n) is 4.27. The van der Waals surface area contributed by atoms with Crippen molar-refractivity contribution >= 4 is 5.78 Å². The number of aryl methyl sites for hydroxylation is 1. The van der Waals surface area contributed by atoms with Gasteiger partial charge >= 0.3 is 0 Å². The number of ketones is 1. The van der Waals surface area contributed by atoms with Crippen molar-refractivity contribution in [2.24, 2.45) is 0 Å². The molecule has 1 saturated heterocycles. The van der Waals surface area contributed by atoms with Crippen molar-refractivity contribution in [2.45, 2.75) is 40.7 Å². The lowest BCUT2D eigenvalue weighted by atomic mass is 9.94. The number of piperazine rings is 1. The first-order valence-corrected chi connectivity index (χ1v) is 8.14. The number of benzene rings is 1. The summed E-state index contributed by atoms with van der Waals surface area (Å²) in [4.78, 5) is 15.0. The van der Waals surface area contributed by atoms with Crippen molar-refractivity contribution in [3.63, 3.8) is 0 Å². The Labute approximate surface area is 133 Å². The summed E-state index contributed by atoms with van der Waals surface area (Å²) < 4.78 is 5.86. The zero-order valence-corrected chi connectivity index (χ0v) is 14.5. The van der Waals surface area contributed by atoms with Crippen LogP contribution in [-0.2, 0) is 0 Å². The van der Waals surface area contributed by atoms with Crippen LogP contribution in [0, 0.1) is 20.8 Å². The molecule has 1 aliphatic rings. The summed E-state index contributed by atoms with van der Waals surface area (Å²) in [5, 5.41) is 3.32. The maximum absolute atomic E-state index is 12.7. The zero-order valence-electron chi connectivity index (χ0n) is 14.5. The Morgan fingerprint density at radius 3 is 2.45 bits per heavy atom. The fourth-order valence-electron chi connectivity index (χ4n) is 3.00. The van der Waals surface area contributed by atoms with E-state index in [-0.39, 0.29) is 11.9 Å². The Kier molecular flexibility index (Phi) is 5.59. The zero-order chi connectivity index (χ0) is 16.3. The molecular weight excluding hydrogens is 276 g/mol. The van der Waals surface area contributed by atoms with E-state index in [9.17, 15) is 4.79 Å². The molecule has 1 aromatic carbocycles. The second kappa shape index (κ2) is 7.25. The first-order chi connectivity index (χ1) is 10.4. The highest BCUT2D eigenvalue weighted by atomic mass is 16.5. The molecule has 122 valence electrons. The Morgan fingerprint density at radius 2 is 1.86 bits per heavy atom. The summed E-state index contributed by atoms with van der Waals surface area (Å²) in [5.41, 5.74) is 4.00. The van der Waals surface area contributed by atoms with E-state index in [2.05, 4.69) is 10.2 Å². The van der Waals surface area contributed by atoms with Crippen LogP contribution >= 0.6 is 0 Å². The van der Waals surface area contributed by atoms with Crippen LogP contribution in [0.25, 0.3) is 0 Å². The molecule has 0 spiro atoms. The fraction of sp³-hybridized carbons (Fsp3) is 0.611. The van der Waals surface area contributed by atoms with Crippen molar-refractivity contribution in [2.75, 3.05) is 32.7 Å². The Bertz CT molecular complexity index is 547. The van der Waals surface area contributed by atoms with Gasteiger partial charge in [0.25, 0.3) is 0 Å². The van der Waals surface area contributed by atoms with E-state index in [0.717, 1.165) is 54.2 Å². The molecule has 4 nitrogen and oxygen atoms in total. The molecule has 0 amide bonds. The van der Waals surface area contributed by atoms with Gasteiger partial charge in [0.1, 0.15) is 5.75 Å². The van der Waals surface area contributed by atoms with Crippen LogP contribution in [0.1, 0.15) is 40.9 Å². The SMILES string of the molecule is Cc1cc(OC(C)C)c(C)c(C)c1C(=O)CN1CCNCC1. The molecule has 0 radical (unpaired) electrons. The summed E-state index contributed by atoms with van der Waals surface area (Å²) >= 11 is 0. The van der Waals surface area contributed by atoms with Crippen LogP contribution in [0.2, 0.25) is 0 Å². The molecule has 1 N–H and O–H groups in total. The van der Waals surface area contributed by atoms with Gasteiger partial charge < -0.3 is 10.1 Å². The summed E-state index contributed by atoms with van der Waals surface area (Å²) in [6, 6.07) is 2.01. The first-order valence-electron chi connectivity index (χ1n) is 8.14. The third kappa shape index (κ3) is 3.87. The lowest BCUT2D eigenvalue weighted by Gasteiger charge is -2.27. The molecule has 0 unspecified atom stereocenters. The quantitative estimate of drug-likeness (QED) is 0.849. The highest BCUT2D eigenvalue weighted by Gasteiger charge is 2.20. The van der Waals surface area contributed by atoms with E-state index in [1.54, 1.807) is 0 Å². The van der Waals surface area contributed by atoms with E-state index < -0.39 is 0 Å². The molecular formula is C18H28N2O2. The van der Waals surface area contributed by atoms with E-state index in [4.69, 9.17) is 4.74 Å². The van der Waals surface area contributed by atoms with Gasteiger partial charge in [0.05, 0.1) is 12.6 Å². The molecule has 22 heavy (non-hydrogen) atoms. The predicted octanol–water partition coefficient (Wildman–Crippen LogP) is 2.49. The number of nitrogens with zero attached hydrogens (tertiary/aromatic N) is 1. The molecule has 2 rings (SSSR count). The second-order valence-corrected chi connectivity index (χ2v) is 6.43. The third-order valence-corrected chi connectivity index (χ3v) is 4.27. The highest BCUT2D eigenvalue weighted by Crippen LogP contribution is 2.29. The predicted molar refractivity (Wildman–Crippen MR) is 90.1 cm³/mol. The lowest BCUT2D eigenvalue weighted by molar-refractivity contribution is 0.0920. The van der Waals surface area contributed by atoms with Crippen LogP contribution in [0.15, 0.2) is 6.07 Å². The largest absolute Gasteiger partial charge is 0.491 e. The van der Waals surface area contributed by atoms with Gasteiger partial charge in [-0.2, -0.15) is 0 Å². The molecule has 0 saturated carbocycles. The normalized spacial score (nSPS) is 16.1. The van der Waals surface area contributed by atoms with Crippen LogP contribution in [0.4, 0.5) is 0 Å². The monoisotopic (exact) mass is 304 g/mol. The number of rotatable bonds is 5. The first kappa shape index (κ1) is 17.0. The number of carbonyl (C=O) groups is 1. The number of nitrogens with one attached hydrogen (secondary N) is 1. The topological polar surface area (TPSA) is 41.6 Å². The van der Waals surface area contributed by atoms with E-state index >= 15 is 0 Å². The minimum absolute atomic E-state index is 0.139. The number of ether oxygens (including phenoxy) is 1. The second-order valence-electron chi connectivity index (χ2n) is 6.43. The van der Waals surface area contributed by atoms with Crippen LogP contribution in [0.5, 0.6) is 5.75 Å². The lowest BCUT2D eigenvalue weighted by Crippen LogP contribution is -2.45. The smallest absolute Gasteiger partial charge is 0.177 e. The standard InChI is InChI=1S/C18H28N2O2/c1-12(2)22-17-10-13(3)18(15(5)14(17)4)16(21)11-20-8-6-19-7-9-20/h10,12,19H,6-9,11H2,1-5H3. The maximum atomic E-state index is 12.7. The number of carbonyl (C=O) groups excluding carboxylic acids is 1. The molecule has 0 bridgehead atoms. The summed E-state index contributed by atoms with van der Waals surface area (Å²) in [6.45, 7) is 14.4. The molecule has 0 aromatic heterocycles. The minimum atomic E-state index is 0.139. The van der Waals surface area contributed by atoms with Crippen molar-refractivity contribution < 1.29 is 9.53 Å². The summed E-state index contributed by atoms with van der Waals surface area (Å²) in [7, 11) is 0. The molecule has 1 fully saturated rings. The minimum Gasteiger partial charge on any atom is -0.491 e. The Balaban J connectivity index is 2.22. The van der Waals surface area contributed by atoms with Gasteiger partial charge in [-0.05, 0) is 57.4 Å². The molecule has 1 heterocycles. The van der Waals surface area contributed by atoms with E-state index in [1.807, 2.05) is 40.7 Å². The molecule has 1 aromatic rings. The van der Waals surface area contributed by atoms with Gasteiger partial charge in [-0.3, -0.25) is 9.69 Å². The molecule has 1 aliphatic heterocycles. The van der Waals surface area contributed by atoms with Gasteiger partial charge in [-0.25, -0.2) is 0 Å². The molecule has 0 atom stereocenters. The number of Topliss-reactive ketones (excluding diaryl/α,β-unsaturated/α-hetero) is 1. The van der Waals surface area contributed by atoms with Crippen molar-refractivity contribution in [1.29, 1.82) is 0 Å². The van der Waals surface area contributed by atoms with Crippen molar-refractivity contribution in [3.8, 4) is 5.75 Å². The van der Waals surface area contributed by atoms with Crippen molar-refractivity contribution in [1.82, 2.24) is 10.2 Å². The van der Waals surface area contributed by atoms with E-state index in [0.29, 0.717) is 6.54 Å². The van der Waals surface area contributed by atoms with Gasteiger partial charge in [-0.15, -0.1) is 0 Å². The average molecular weight is 304 g/mol. The molecule has 0 aliphatic carbocycles. The van der Waals surface area contributed by atoms with Gasteiger partial charge in [0, 0.05) is 31.7 Å². The summed E-state index contributed by atoms with van der Waals surface area (Å²) in [5.74, 6) is 1.11. The maximum Gasteiger partial charge on any atom is 0.177 e. The van der Waals surface area contributed by atoms with Gasteiger partial charge in [-0.1, -0.05) is 0 Å². The van der Waals surface area contributed by atoms with Crippen LogP contribution in [0.3, 0.4) is 0 Å². The van der Waals surface area contributed by atoms with Gasteiger partial charge in [0.15, 0.2) is 5.78 Å². The van der Waals surface area contributed by atoms with Crippen LogP contribution < -0.4 is 10.1 Å². The summed E-state index contributed by atoms with van der Waals surface area (Å²) in [6.07, 6.45) is 0.139.